The Morgan fingerprint density at radius 1 is 0.912 bits per heavy atom. The molecule has 0 radical (unpaired) electrons. The van der Waals surface area contributed by atoms with E-state index >= 15 is 0 Å². The van der Waals surface area contributed by atoms with Crippen LogP contribution in [0.1, 0.15) is 17.3 Å². The van der Waals surface area contributed by atoms with E-state index in [-0.39, 0.29) is 11.7 Å². The lowest BCUT2D eigenvalue weighted by Crippen LogP contribution is -2.49. The molecule has 5 rings (SSSR count). The van der Waals surface area contributed by atoms with Gasteiger partial charge in [0.2, 0.25) is 0 Å². The highest BCUT2D eigenvalue weighted by Crippen LogP contribution is 2.30. The van der Waals surface area contributed by atoms with Crippen molar-refractivity contribution in [2.45, 2.75) is 6.92 Å². The summed E-state index contributed by atoms with van der Waals surface area (Å²) in [5.74, 6) is 1.09. The number of amides is 1. The Kier molecular flexibility index (Phi) is 6.08. The fourth-order valence-electron chi connectivity index (χ4n) is 4.31. The van der Waals surface area contributed by atoms with Crippen molar-refractivity contribution in [3.8, 4) is 17.0 Å². The maximum atomic E-state index is 13.6. The third kappa shape index (κ3) is 4.29. The number of hydrogen-bond acceptors (Lipinski definition) is 5. The van der Waals surface area contributed by atoms with Crippen molar-refractivity contribution in [1.82, 2.24) is 15.1 Å². The van der Waals surface area contributed by atoms with E-state index in [0.717, 1.165) is 22.2 Å². The van der Waals surface area contributed by atoms with E-state index in [2.05, 4.69) is 15.1 Å². The van der Waals surface area contributed by atoms with E-state index in [0.29, 0.717) is 49.8 Å². The molecule has 34 heavy (non-hydrogen) atoms. The van der Waals surface area contributed by atoms with Gasteiger partial charge in [0.05, 0.1) is 17.9 Å². The van der Waals surface area contributed by atoms with Gasteiger partial charge in [0.15, 0.2) is 5.82 Å². The fraction of sp³-hybridized carbons (Fsp3) is 0.222. The number of ether oxygens (including phenoxy) is 1. The molecular weight excluding hydrogens is 431 g/mol. The van der Waals surface area contributed by atoms with E-state index in [9.17, 15) is 9.18 Å². The minimum absolute atomic E-state index is 0.0161. The first-order valence-electron chi connectivity index (χ1n) is 11.4. The molecule has 0 aliphatic carbocycles. The Morgan fingerprint density at radius 3 is 2.38 bits per heavy atom. The van der Waals surface area contributed by atoms with Crippen LogP contribution in [0.4, 0.5) is 10.2 Å². The molecule has 172 valence electrons. The Morgan fingerprint density at radius 2 is 1.68 bits per heavy atom. The van der Waals surface area contributed by atoms with Gasteiger partial charge in [0, 0.05) is 31.7 Å². The maximum absolute atomic E-state index is 13.6. The number of fused-ring (bicyclic) bond motifs is 1. The highest BCUT2D eigenvalue weighted by molar-refractivity contribution is 6.09. The number of piperazine rings is 1. The lowest BCUT2D eigenvalue weighted by Gasteiger charge is -2.35. The smallest absolute Gasteiger partial charge is 0.258 e. The fourth-order valence-corrected chi connectivity index (χ4v) is 4.31. The van der Waals surface area contributed by atoms with Crippen molar-refractivity contribution in [3.63, 3.8) is 0 Å². The Hall–Kier alpha value is -4.00. The van der Waals surface area contributed by atoms with Crippen LogP contribution in [0.3, 0.4) is 0 Å². The Balaban J connectivity index is 1.31. The SMILES string of the molecule is CCOc1ccc2ccccc2c1C(=O)N1CCN(c2ccc(-c3ccc(F)cc3)nn2)CC1. The molecule has 0 atom stereocenters. The van der Waals surface area contributed by atoms with Crippen molar-refractivity contribution in [2.24, 2.45) is 0 Å². The second-order valence-electron chi connectivity index (χ2n) is 8.16. The van der Waals surface area contributed by atoms with E-state index in [1.807, 2.05) is 60.4 Å². The summed E-state index contributed by atoms with van der Waals surface area (Å²) >= 11 is 0. The van der Waals surface area contributed by atoms with Gasteiger partial charge < -0.3 is 14.5 Å². The van der Waals surface area contributed by atoms with Crippen LogP contribution in [0.2, 0.25) is 0 Å². The predicted molar refractivity (Wildman–Crippen MR) is 131 cm³/mol. The molecule has 1 aromatic heterocycles. The summed E-state index contributed by atoms with van der Waals surface area (Å²) in [6.45, 7) is 4.89. The number of rotatable bonds is 5. The van der Waals surface area contributed by atoms with Gasteiger partial charge in [0.25, 0.3) is 5.91 Å². The van der Waals surface area contributed by atoms with Crippen molar-refractivity contribution in [3.05, 3.63) is 84.2 Å². The van der Waals surface area contributed by atoms with E-state index in [1.165, 1.54) is 12.1 Å². The van der Waals surface area contributed by atoms with Crippen LogP contribution in [0, 0.1) is 5.82 Å². The first kappa shape index (κ1) is 21.8. The number of aromatic nitrogens is 2. The third-order valence-corrected chi connectivity index (χ3v) is 6.09. The summed E-state index contributed by atoms with van der Waals surface area (Å²) in [5.41, 5.74) is 2.13. The summed E-state index contributed by atoms with van der Waals surface area (Å²) in [6, 6.07) is 21.8. The number of anilines is 1. The summed E-state index contributed by atoms with van der Waals surface area (Å²) in [4.78, 5) is 17.5. The molecule has 0 spiro atoms. The van der Waals surface area contributed by atoms with E-state index in [4.69, 9.17) is 4.74 Å². The zero-order valence-corrected chi connectivity index (χ0v) is 18.9. The van der Waals surface area contributed by atoms with Gasteiger partial charge in [-0.05, 0) is 60.2 Å². The average Bonchev–Trinajstić information content (AvgIpc) is 2.89. The first-order chi connectivity index (χ1) is 16.6. The zero-order chi connectivity index (χ0) is 23.5. The predicted octanol–water partition coefficient (Wildman–Crippen LogP) is 4.80. The molecule has 0 N–H and O–H groups in total. The normalized spacial score (nSPS) is 13.8. The van der Waals surface area contributed by atoms with Crippen LogP contribution in [0.25, 0.3) is 22.0 Å². The lowest BCUT2D eigenvalue weighted by molar-refractivity contribution is 0.0744. The van der Waals surface area contributed by atoms with Gasteiger partial charge in [-0.2, -0.15) is 0 Å². The minimum Gasteiger partial charge on any atom is -0.493 e. The van der Waals surface area contributed by atoms with Crippen LogP contribution in [-0.4, -0.2) is 53.8 Å². The topological polar surface area (TPSA) is 58.6 Å². The Labute approximate surface area is 197 Å². The van der Waals surface area contributed by atoms with Crippen LogP contribution >= 0.6 is 0 Å². The number of halogens is 1. The van der Waals surface area contributed by atoms with Gasteiger partial charge >= 0.3 is 0 Å². The molecule has 0 bridgehead atoms. The molecule has 0 unspecified atom stereocenters. The number of carbonyl (C=O) groups excluding carboxylic acids is 1. The van der Waals surface area contributed by atoms with Gasteiger partial charge in [0.1, 0.15) is 11.6 Å². The summed E-state index contributed by atoms with van der Waals surface area (Å²) < 4.78 is 19.0. The van der Waals surface area contributed by atoms with Gasteiger partial charge in [-0.15, -0.1) is 10.2 Å². The molecule has 2 heterocycles. The average molecular weight is 457 g/mol. The van der Waals surface area contributed by atoms with Crippen molar-refractivity contribution in [1.29, 1.82) is 0 Å². The molecule has 0 saturated carbocycles. The molecule has 4 aromatic rings. The number of hydrogen-bond donors (Lipinski definition) is 0. The number of benzene rings is 3. The van der Waals surface area contributed by atoms with Crippen LogP contribution in [0.15, 0.2) is 72.8 Å². The number of carbonyl (C=O) groups is 1. The van der Waals surface area contributed by atoms with Crippen LogP contribution in [-0.2, 0) is 0 Å². The molecule has 1 saturated heterocycles. The molecule has 1 amide bonds. The van der Waals surface area contributed by atoms with E-state index < -0.39 is 0 Å². The highest BCUT2D eigenvalue weighted by Gasteiger charge is 2.26. The van der Waals surface area contributed by atoms with Crippen molar-refractivity contribution < 1.29 is 13.9 Å². The standard InChI is InChI=1S/C27H25FN4O2/c1-2-34-24-13-9-19-5-3-4-6-22(19)26(24)27(33)32-17-15-31(16-18-32)25-14-12-23(29-30-25)20-7-10-21(28)11-8-20/h3-14H,2,15-18H2,1H3. The quantitative estimate of drug-likeness (QED) is 0.432. The van der Waals surface area contributed by atoms with Crippen molar-refractivity contribution >= 4 is 22.5 Å². The largest absolute Gasteiger partial charge is 0.493 e. The molecular formula is C27H25FN4O2. The zero-order valence-electron chi connectivity index (χ0n) is 18.9. The molecule has 1 aliphatic heterocycles. The maximum Gasteiger partial charge on any atom is 0.258 e. The molecule has 6 nitrogen and oxygen atoms in total. The molecule has 7 heteroatoms. The summed E-state index contributed by atoms with van der Waals surface area (Å²) in [7, 11) is 0. The van der Waals surface area contributed by atoms with E-state index in [1.54, 1.807) is 12.1 Å². The first-order valence-corrected chi connectivity index (χ1v) is 11.4. The van der Waals surface area contributed by atoms with Gasteiger partial charge in [-0.25, -0.2) is 4.39 Å². The molecule has 3 aromatic carbocycles. The second kappa shape index (κ2) is 9.47. The summed E-state index contributed by atoms with van der Waals surface area (Å²) in [5, 5.41) is 10.6. The number of nitrogens with zero attached hydrogens (tertiary/aromatic N) is 4. The highest BCUT2D eigenvalue weighted by atomic mass is 19.1. The van der Waals surface area contributed by atoms with Gasteiger partial charge in [-0.1, -0.05) is 30.3 Å². The minimum atomic E-state index is -0.280. The summed E-state index contributed by atoms with van der Waals surface area (Å²) in [6.07, 6.45) is 0. The molecule has 1 fully saturated rings. The molecule has 1 aliphatic rings. The van der Waals surface area contributed by atoms with Crippen LogP contribution < -0.4 is 9.64 Å². The Bertz CT molecular complexity index is 1300. The van der Waals surface area contributed by atoms with Crippen molar-refractivity contribution in [2.75, 3.05) is 37.7 Å². The second-order valence-corrected chi connectivity index (χ2v) is 8.16. The van der Waals surface area contributed by atoms with Crippen LogP contribution in [0.5, 0.6) is 5.75 Å². The monoisotopic (exact) mass is 456 g/mol. The van der Waals surface area contributed by atoms with Gasteiger partial charge in [-0.3, -0.25) is 4.79 Å². The lowest BCUT2D eigenvalue weighted by atomic mass is 10.0. The third-order valence-electron chi connectivity index (χ3n) is 6.09.